The van der Waals surface area contributed by atoms with Gasteiger partial charge in [0.25, 0.3) is 0 Å². The highest BCUT2D eigenvalue weighted by molar-refractivity contribution is 7.91. The van der Waals surface area contributed by atoms with Crippen LogP contribution in [0.1, 0.15) is 18.4 Å². The molecule has 1 aliphatic heterocycles. The Kier molecular flexibility index (Phi) is 4.27. The molecule has 1 fully saturated rings. The molecule has 0 bridgehead atoms. The maximum absolute atomic E-state index is 13.6. The van der Waals surface area contributed by atoms with Gasteiger partial charge < -0.3 is 5.73 Å². The first-order chi connectivity index (χ1) is 9.61. The molecule has 1 aromatic carbocycles. The molecule has 9 heteroatoms. The van der Waals surface area contributed by atoms with Crippen LogP contribution < -0.4 is 10.5 Å². The van der Waals surface area contributed by atoms with Crippen molar-refractivity contribution < 1.29 is 21.2 Å². The lowest BCUT2D eigenvalue weighted by molar-refractivity contribution is 0.504. The number of nitrogens with one attached hydrogen (secondary N) is 1. The van der Waals surface area contributed by atoms with E-state index in [2.05, 4.69) is 4.72 Å². The van der Waals surface area contributed by atoms with Crippen molar-refractivity contribution in [3.05, 3.63) is 23.5 Å². The predicted octanol–water partition coefficient (Wildman–Crippen LogP) is 0.572. The number of hydrogen-bond donors (Lipinski definition) is 2. The summed E-state index contributed by atoms with van der Waals surface area (Å²) in [6.07, 6.45) is 0.427. The number of sulfonamides is 1. The van der Waals surface area contributed by atoms with E-state index in [9.17, 15) is 21.2 Å². The van der Waals surface area contributed by atoms with Gasteiger partial charge in [-0.1, -0.05) is 0 Å². The molecule has 0 atom stereocenters. The van der Waals surface area contributed by atoms with Gasteiger partial charge in [-0.2, -0.15) is 0 Å². The highest BCUT2D eigenvalue weighted by Gasteiger charge is 2.28. The lowest BCUT2D eigenvalue weighted by Crippen LogP contribution is -2.40. The molecular weight excluding hydrogens is 319 g/mol. The second-order valence-corrected chi connectivity index (χ2v) is 9.18. The van der Waals surface area contributed by atoms with E-state index in [1.54, 1.807) is 0 Å². The van der Waals surface area contributed by atoms with Gasteiger partial charge in [0.15, 0.2) is 0 Å². The average Bonchev–Trinajstić information content (AvgIpc) is 2.38. The normalized spacial score (nSPS) is 19.5. The van der Waals surface area contributed by atoms with Gasteiger partial charge in [-0.15, -0.1) is 0 Å². The van der Waals surface area contributed by atoms with Gasteiger partial charge >= 0.3 is 0 Å². The zero-order valence-corrected chi connectivity index (χ0v) is 13.1. The molecule has 1 aromatic rings. The van der Waals surface area contributed by atoms with Crippen molar-refractivity contribution in [1.29, 1.82) is 0 Å². The van der Waals surface area contributed by atoms with Crippen molar-refractivity contribution in [1.82, 2.24) is 4.72 Å². The molecule has 3 N–H and O–H groups in total. The Morgan fingerprint density at radius 3 is 2.38 bits per heavy atom. The van der Waals surface area contributed by atoms with Gasteiger partial charge in [0.2, 0.25) is 10.0 Å². The maximum Gasteiger partial charge on any atom is 0.240 e. The lowest BCUT2D eigenvalue weighted by Gasteiger charge is -2.23. The molecule has 1 saturated heterocycles. The highest BCUT2D eigenvalue weighted by Crippen LogP contribution is 2.22. The molecule has 0 amide bonds. The topological polar surface area (TPSA) is 106 Å². The molecule has 118 valence electrons. The molecule has 0 radical (unpaired) electrons. The number of halogens is 1. The summed E-state index contributed by atoms with van der Waals surface area (Å²) in [5, 5.41) is 0. The largest absolute Gasteiger partial charge is 0.398 e. The van der Waals surface area contributed by atoms with Crippen molar-refractivity contribution in [3.8, 4) is 0 Å². The van der Waals surface area contributed by atoms with Crippen molar-refractivity contribution >= 4 is 25.5 Å². The molecule has 6 nitrogen and oxygen atoms in total. The molecule has 0 saturated carbocycles. The van der Waals surface area contributed by atoms with Gasteiger partial charge in [-0.3, -0.25) is 0 Å². The minimum Gasteiger partial charge on any atom is -0.398 e. The van der Waals surface area contributed by atoms with E-state index >= 15 is 0 Å². The number of nitrogen functional groups attached to an aromatic ring is 1. The van der Waals surface area contributed by atoms with E-state index < -0.39 is 31.7 Å². The Labute approximate surface area is 123 Å². The quantitative estimate of drug-likeness (QED) is 0.785. The first kappa shape index (κ1) is 16.2. The van der Waals surface area contributed by atoms with Crippen molar-refractivity contribution in [2.75, 3.05) is 17.2 Å². The van der Waals surface area contributed by atoms with Crippen molar-refractivity contribution in [3.63, 3.8) is 0 Å². The SMILES string of the molecule is Cc1c(N)cc(S(=O)(=O)NC2CCS(=O)(=O)CC2)cc1F. The average molecular weight is 336 g/mol. The lowest BCUT2D eigenvalue weighted by atomic mass is 10.2. The number of hydrogen-bond acceptors (Lipinski definition) is 5. The second kappa shape index (κ2) is 5.54. The van der Waals surface area contributed by atoms with Crippen molar-refractivity contribution in [2.24, 2.45) is 0 Å². The van der Waals surface area contributed by atoms with Gasteiger partial charge in [-0.25, -0.2) is 25.9 Å². The van der Waals surface area contributed by atoms with Crippen LogP contribution in [0.15, 0.2) is 17.0 Å². The molecule has 0 aromatic heterocycles. The molecule has 1 heterocycles. The third kappa shape index (κ3) is 3.72. The fourth-order valence-corrected chi connectivity index (χ4v) is 4.97. The monoisotopic (exact) mass is 336 g/mol. The van der Waals surface area contributed by atoms with Crippen LogP contribution in [0.4, 0.5) is 10.1 Å². The Balaban J connectivity index is 2.20. The van der Waals surface area contributed by atoms with Crippen LogP contribution in [0, 0.1) is 12.7 Å². The Hall–Kier alpha value is -1.19. The summed E-state index contributed by atoms with van der Waals surface area (Å²) in [5.74, 6) is -0.795. The molecule has 0 unspecified atom stereocenters. The summed E-state index contributed by atoms with van der Waals surface area (Å²) in [6, 6.07) is 1.64. The van der Waals surface area contributed by atoms with Gasteiger partial charge in [0, 0.05) is 17.3 Å². The van der Waals surface area contributed by atoms with Crippen LogP contribution in [-0.4, -0.2) is 34.4 Å². The summed E-state index contributed by atoms with van der Waals surface area (Å²) in [5.41, 5.74) is 5.82. The number of anilines is 1. The molecule has 0 aliphatic carbocycles. The fraction of sp³-hybridized carbons (Fsp3) is 0.500. The predicted molar refractivity (Wildman–Crippen MR) is 77.5 cm³/mol. The Bertz CT molecular complexity index is 722. The van der Waals surface area contributed by atoms with Gasteiger partial charge in [0.05, 0.1) is 16.4 Å². The highest BCUT2D eigenvalue weighted by atomic mass is 32.2. The minimum absolute atomic E-state index is 0.0510. The standard InChI is InChI=1S/C12H17FN2O4S2/c1-8-11(13)6-10(7-12(8)14)21(18,19)15-9-2-4-20(16,17)5-3-9/h6-7,9,15H,2-5,14H2,1H3. The van der Waals surface area contributed by atoms with Crippen molar-refractivity contribution in [2.45, 2.75) is 30.7 Å². The number of sulfone groups is 1. The molecular formula is C12H17FN2O4S2. The zero-order chi connectivity index (χ0) is 15.8. The minimum atomic E-state index is -3.92. The zero-order valence-electron chi connectivity index (χ0n) is 11.5. The van der Waals surface area contributed by atoms with Crippen LogP contribution >= 0.6 is 0 Å². The van der Waals surface area contributed by atoms with Crippen LogP contribution in [0.3, 0.4) is 0 Å². The summed E-state index contributed by atoms with van der Waals surface area (Å²) >= 11 is 0. The maximum atomic E-state index is 13.6. The summed E-state index contributed by atoms with van der Waals surface area (Å²) in [4.78, 5) is -0.253. The first-order valence-electron chi connectivity index (χ1n) is 6.39. The summed E-state index contributed by atoms with van der Waals surface area (Å²) in [7, 11) is -6.99. The van der Waals surface area contributed by atoms with E-state index in [-0.39, 0.29) is 40.5 Å². The van der Waals surface area contributed by atoms with E-state index in [4.69, 9.17) is 5.73 Å². The van der Waals surface area contributed by atoms with Gasteiger partial charge in [0.1, 0.15) is 15.7 Å². The van der Waals surface area contributed by atoms with E-state index in [1.807, 2.05) is 0 Å². The van der Waals surface area contributed by atoms with E-state index in [0.29, 0.717) is 0 Å². The van der Waals surface area contributed by atoms with Crippen LogP contribution in [0.25, 0.3) is 0 Å². The third-order valence-corrected chi connectivity index (χ3v) is 6.76. The molecule has 1 aliphatic rings. The van der Waals surface area contributed by atoms with Gasteiger partial charge in [-0.05, 0) is 31.9 Å². The van der Waals surface area contributed by atoms with E-state index in [0.717, 1.165) is 6.07 Å². The summed E-state index contributed by atoms with van der Waals surface area (Å²) in [6.45, 7) is 1.46. The second-order valence-electron chi connectivity index (χ2n) is 5.17. The van der Waals surface area contributed by atoms with Crippen LogP contribution in [-0.2, 0) is 19.9 Å². The summed E-state index contributed by atoms with van der Waals surface area (Å²) < 4.78 is 63.0. The third-order valence-electron chi connectivity index (χ3n) is 3.54. The molecule has 21 heavy (non-hydrogen) atoms. The Morgan fingerprint density at radius 1 is 1.29 bits per heavy atom. The number of rotatable bonds is 3. The number of nitrogens with two attached hydrogens (primary N) is 1. The van der Waals surface area contributed by atoms with E-state index in [1.165, 1.54) is 13.0 Å². The molecule has 2 rings (SSSR count). The van der Waals surface area contributed by atoms with Crippen LogP contribution in [0.2, 0.25) is 0 Å². The number of benzene rings is 1. The first-order valence-corrected chi connectivity index (χ1v) is 9.69. The van der Waals surface area contributed by atoms with Crippen LogP contribution in [0.5, 0.6) is 0 Å². The fourth-order valence-electron chi connectivity index (χ4n) is 2.12. The molecule has 0 spiro atoms. The smallest absolute Gasteiger partial charge is 0.240 e. The Morgan fingerprint density at radius 2 is 1.86 bits per heavy atom.